The van der Waals surface area contributed by atoms with Crippen LogP contribution in [-0.2, 0) is 34.3 Å². The lowest BCUT2D eigenvalue weighted by atomic mass is 10.2. The number of rotatable bonds is 8. The van der Waals surface area contributed by atoms with E-state index in [1.165, 1.54) is 18.4 Å². The minimum absolute atomic E-state index is 0.0828. The van der Waals surface area contributed by atoms with E-state index >= 15 is 0 Å². The first-order chi connectivity index (χ1) is 14.2. The number of carbonyl (C=O) groups excluding carboxylic acids is 1. The smallest absolute Gasteiger partial charge is 0.242 e. The molecule has 0 aliphatic carbocycles. The van der Waals surface area contributed by atoms with Crippen LogP contribution in [0.5, 0.6) is 0 Å². The van der Waals surface area contributed by atoms with Gasteiger partial charge in [-0.3, -0.25) is 4.79 Å². The van der Waals surface area contributed by atoms with Gasteiger partial charge < -0.3 is 9.88 Å². The molecule has 0 radical (unpaired) electrons. The molecule has 7 nitrogen and oxygen atoms in total. The van der Waals surface area contributed by atoms with Crippen molar-refractivity contribution in [2.45, 2.75) is 37.8 Å². The Bertz CT molecular complexity index is 1170. The Morgan fingerprint density at radius 3 is 2.63 bits per heavy atom. The van der Waals surface area contributed by atoms with E-state index in [-0.39, 0.29) is 17.2 Å². The Morgan fingerprint density at radius 2 is 1.97 bits per heavy atom. The predicted molar refractivity (Wildman–Crippen MR) is 118 cm³/mol. The Labute approximate surface area is 181 Å². The van der Waals surface area contributed by atoms with Crippen molar-refractivity contribution in [3.8, 4) is 0 Å². The Kier molecular flexibility index (Phi) is 6.80. The number of hydrogen-bond donors (Lipinski definition) is 1. The second kappa shape index (κ2) is 9.16. The van der Waals surface area contributed by atoms with Crippen molar-refractivity contribution < 1.29 is 13.2 Å². The van der Waals surface area contributed by atoms with Crippen LogP contribution in [0.1, 0.15) is 24.7 Å². The molecule has 160 valence electrons. The van der Waals surface area contributed by atoms with Crippen LogP contribution in [0.3, 0.4) is 0 Å². The van der Waals surface area contributed by atoms with Crippen LogP contribution < -0.4 is 5.32 Å². The summed E-state index contributed by atoms with van der Waals surface area (Å²) in [4.78, 5) is 17.1. The molecule has 9 heteroatoms. The van der Waals surface area contributed by atoms with E-state index in [9.17, 15) is 13.2 Å². The Hall–Kier alpha value is -2.42. The average molecular weight is 449 g/mol. The summed E-state index contributed by atoms with van der Waals surface area (Å²) < 4.78 is 28.0. The highest BCUT2D eigenvalue weighted by Gasteiger charge is 2.19. The fraction of sp³-hybridized carbons (Fsp3) is 0.333. The summed E-state index contributed by atoms with van der Waals surface area (Å²) in [5.74, 6) is 0.672. The first kappa shape index (κ1) is 22.3. The molecule has 1 aromatic heterocycles. The van der Waals surface area contributed by atoms with E-state index < -0.39 is 10.0 Å². The molecular weight excluding hydrogens is 424 g/mol. The average Bonchev–Trinajstić information content (AvgIpc) is 3.07. The summed E-state index contributed by atoms with van der Waals surface area (Å²) in [6, 6.07) is 12.3. The molecule has 1 heterocycles. The van der Waals surface area contributed by atoms with Crippen molar-refractivity contribution in [3.63, 3.8) is 0 Å². The lowest BCUT2D eigenvalue weighted by Gasteiger charge is -2.11. The molecule has 0 aliphatic rings. The van der Waals surface area contributed by atoms with Gasteiger partial charge >= 0.3 is 0 Å². The van der Waals surface area contributed by atoms with Gasteiger partial charge in [-0.05, 0) is 42.8 Å². The molecule has 0 saturated carbocycles. The minimum atomic E-state index is -3.53. The van der Waals surface area contributed by atoms with Gasteiger partial charge in [-0.1, -0.05) is 23.7 Å². The third-order valence-electron chi connectivity index (χ3n) is 4.85. The molecule has 0 fully saturated rings. The van der Waals surface area contributed by atoms with Crippen LogP contribution in [0.25, 0.3) is 11.0 Å². The van der Waals surface area contributed by atoms with Gasteiger partial charge in [0, 0.05) is 45.0 Å². The van der Waals surface area contributed by atoms with Gasteiger partial charge in [-0.2, -0.15) is 0 Å². The molecule has 1 amide bonds. The number of aryl methyl sites for hydroxylation is 2. The molecule has 0 bridgehead atoms. The third-order valence-corrected chi connectivity index (χ3v) is 6.89. The van der Waals surface area contributed by atoms with Crippen molar-refractivity contribution >= 4 is 38.6 Å². The lowest BCUT2D eigenvalue weighted by molar-refractivity contribution is -0.121. The van der Waals surface area contributed by atoms with Crippen LogP contribution >= 0.6 is 11.6 Å². The Balaban J connectivity index is 1.73. The summed E-state index contributed by atoms with van der Waals surface area (Å²) in [5, 5.41) is 3.52. The van der Waals surface area contributed by atoms with Gasteiger partial charge in [0.2, 0.25) is 15.9 Å². The molecule has 3 rings (SSSR count). The van der Waals surface area contributed by atoms with Crippen molar-refractivity contribution in [2.75, 3.05) is 14.1 Å². The molecule has 2 aromatic carbocycles. The van der Waals surface area contributed by atoms with Gasteiger partial charge in [-0.25, -0.2) is 17.7 Å². The summed E-state index contributed by atoms with van der Waals surface area (Å²) in [7, 11) is -0.535. The highest BCUT2D eigenvalue weighted by molar-refractivity contribution is 7.89. The quantitative estimate of drug-likeness (QED) is 0.573. The van der Waals surface area contributed by atoms with Crippen LogP contribution in [0.2, 0.25) is 5.02 Å². The van der Waals surface area contributed by atoms with Gasteiger partial charge in [-0.15, -0.1) is 0 Å². The second-order valence-corrected chi connectivity index (χ2v) is 9.71. The van der Waals surface area contributed by atoms with Crippen LogP contribution in [-0.4, -0.2) is 42.3 Å². The summed E-state index contributed by atoms with van der Waals surface area (Å²) in [6.45, 7) is 3.08. The highest BCUT2D eigenvalue weighted by Crippen LogP contribution is 2.22. The SMILES string of the molecule is CCn1c(CCC(=O)NCc2cccc(Cl)c2)nc2cc(S(=O)(=O)N(C)C)ccc21. The number of aromatic nitrogens is 2. The maximum Gasteiger partial charge on any atom is 0.242 e. The molecule has 0 aliphatic heterocycles. The first-order valence-electron chi connectivity index (χ1n) is 9.65. The van der Waals surface area contributed by atoms with E-state index in [4.69, 9.17) is 11.6 Å². The lowest BCUT2D eigenvalue weighted by Crippen LogP contribution is -2.23. The number of nitrogens with zero attached hydrogens (tertiary/aromatic N) is 3. The number of imidazole rings is 1. The van der Waals surface area contributed by atoms with Crippen molar-refractivity contribution in [3.05, 3.63) is 58.9 Å². The largest absolute Gasteiger partial charge is 0.352 e. The van der Waals surface area contributed by atoms with E-state index in [0.29, 0.717) is 30.0 Å². The van der Waals surface area contributed by atoms with Crippen molar-refractivity contribution in [1.29, 1.82) is 0 Å². The fourth-order valence-corrected chi connectivity index (χ4v) is 4.37. The van der Waals surface area contributed by atoms with Gasteiger partial charge in [0.05, 0.1) is 15.9 Å². The predicted octanol–water partition coefficient (Wildman–Crippen LogP) is 3.21. The molecule has 30 heavy (non-hydrogen) atoms. The number of halogens is 1. The summed E-state index contributed by atoms with van der Waals surface area (Å²) in [6.07, 6.45) is 0.742. The summed E-state index contributed by atoms with van der Waals surface area (Å²) >= 11 is 5.97. The molecule has 0 spiro atoms. The van der Waals surface area contributed by atoms with Crippen LogP contribution in [0.4, 0.5) is 0 Å². The number of amides is 1. The normalized spacial score (nSPS) is 11.9. The first-order valence-corrected chi connectivity index (χ1v) is 11.5. The molecule has 0 atom stereocenters. The Morgan fingerprint density at radius 1 is 1.20 bits per heavy atom. The van der Waals surface area contributed by atoms with E-state index in [2.05, 4.69) is 10.3 Å². The molecule has 0 saturated heterocycles. The maximum atomic E-state index is 12.4. The summed E-state index contributed by atoms with van der Waals surface area (Å²) in [5.41, 5.74) is 2.39. The fourth-order valence-electron chi connectivity index (χ4n) is 3.24. The van der Waals surface area contributed by atoms with Crippen LogP contribution in [0.15, 0.2) is 47.4 Å². The van der Waals surface area contributed by atoms with E-state index in [1.807, 2.05) is 29.7 Å². The minimum Gasteiger partial charge on any atom is -0.352 e. The zero-order chi connectivity index (χ0) is 21.9. The van der Waals surface area contributed by atoms with E-state index in [1.54, 1.807) is 24.3 Å². The number of benzene rings is 2. The standard InChI is InChI=1S/C21H25ClN4O3S/c1-4-26-19-9-8-17(30(28,29)25(2)3)13-18(19)24-20(26)10-11-21(27)23-14-15-6-5-7-16(22)12-15/h5-9,12-13H,4,10-11,14H2,1-3H3,(H,23,27). The molecule has 0 unspecified atom stereocenters. The number of fused-ring (bicyclic) bond motifs is 1. The topological polar surface area (TPSA) is 84.3 Å². The van der Waals surface area contributed by atoms with E-state index in [0.717, 1.165) is 16.9 Å². The van der Waals surface area contributed by atoms with Crippen molar-refractivity contribution in [1.82, 2.24) is 19.2 Å². The highest BCUT2D eigenvalue weighted by atomic mass is 35.5. The van der Waals surface area contributed by atoms with Crippen LogP contribution in [0, 0.1) is 0 Å². The van der Waals surface area contributed by atoms with Gasteiger partial charge in [0.25, 0.3) is 0 Å². The second-order valence-electron chi connectivity index (χ2n) is 7.12. The third kappa shape index (κ3) is 4.83. The number of carbonyl (C=O) groups is 1. The number of sulfonamides is 1. The monoisotopic (exact) mass is 448 g/mol. The van der Waals surface area contributed by atoms with Crippen molar-refractivity contribution in [2.24, 2.45) is 0 Å². The molecule has 1 N–H and O–H groups in total. The van der Waals surface area contributed by atoms with Gasteiger partial charge in [0.15, 0.2) is 0 Å². The number of hydrogen-bond acceptors (Lipinski definition) is 4. The molecule has 3 aromatic rings. The zero-order valence-corrected chi connectivity index (χ0v) is 18.8. The molecular formula is C21H25ClN4O3S. The van der Waals surface area contributed by atoms with Gasteiger partial charge in [0.1, 0.15) is 5.82 Å². The maximum absolute atomic E-state index is 12.4. The zero-order valence-electron chi connectivity index (χ0n) is 17.2. The number of nitrogens with one attached hydrogen (secondary N) is 1.